The molecule has 1 aliphatic carbocycles. The molecule has 1 saturated heterocycles. The van der Waals surface area contributed by atoms with Crippen molar-refractivity contribution < 1.29 is 14.7 Å². The standard InChI is InChI=1S/C15H16ClN3O3/c16-11-4-5-12(20)10(8-11)9-17-19-13(21)15(18-14(19)22)6-2-1-3-7-15/h4-5,8-9,20H,1-3,6-7H2,(H,18,22)/b17-9+. The fraction of sp³-hybridized carbons (Fsp3) is 0.400. The Bertz CT molecular complexity index is 653. The van der Waals surface area contributed by atoms with Gasteiger partial charge in [0.05, 0.1) is 6.21 Å². The summed E-state index contributed by atoms with van der Waals surface area (Å²) in [7, 11) is 0. The molecule has 0 aromatic heterocycles. The third kappa shape index (κ3) is 2.54. The first kappa shape index (κ1) is 14.8. The number of benzene rings is 1. The fourth-order valence-electron chi connectivity index (χ4n) is 2.95. The number of hydrogen-bond acceptors (Lipinski definition) is 4. The minimum atomic E-state index is -0.803. The van der Waals surface area contributed by atoms with E-state index in [0.717, 1.165) is 24.3 Å². The molecule has 1 aliphatic heterocycles. The van der Waals surface area contributed by atoms with Crippen LogP contribution >= 0.6 is 11.6 Å². The van der Waals surface area contributed by atoms with Crippen molar-refractivity contribution in [1.82, 2.24) is 10.3 Å². The molecule has 2 fully saturated rings. The number of phenols is 1. The Balaban J connectivity index is 1.83. The molecule has 0 unspecified atom stereocenters. The monoisotopic (exact) mass is 321 g/mol. The number of phenolic OH excluding ortho intramolecular Hbond substituents is 1. The van der Waals surface area contributed by atoms with Crippen LogP contribution < -0.4 is 5.32 Å². The number of nitrogens with zero attached hydrogens (tertiary/aromatic N) is 2. The van der Waals surface area contributed by atoms with Crippen molar-refractivity contribution >= 4 is 29.8 Å². The van der Waals surface area contributed by atoms with E-state index in [4.69, 9.17) is 11.6 Å². The summed E-state index contributed by atoms with van der Waals surface area (Å²) in [6, 6.07) is 3.96. The Morgan fingerprint density at radius 3 is 2.73 bits per heavy atom. The zero-order valence-corrected chi connectivity index (χ0v) is 12.6. The average molecular weight is 322 g/mol. The second-order valence-corrected chi connectivity index (χ2v) is 6.07. The van der Waals surface area contributed by atoms with Gasteiger partial charge in [0.15, 0.2) is 0 Å². The van der Waals surface area contributed by atoms with Crippen LogP contribution in [-0.2, 0) is 4.79 Å². The maximum absolute atomic E-state index is 12.5. The summed E-state index contributed by atoms with van der Waals surface area (Å²) in [6.07, 6.45) is 5.46. The highest BCUT2D eigenvalue weighted by molar-refractivity contribution is 6.30. The lowest BCUT2D eigenvalue weighted by Crippen LogP contribution is -2.48. The molecule has 1 aromatic rings. The van der Waals surface area contributed by atoms with Crippen LogP contribution in [0.15, 0.2) is 23.3 Å². The molecule has 1 spiro atoms. The van der Waals surface area contributed by atoms with Gasteiger partial charge < -0.3 is 10.4 Å². The van der Waals surface area contributed by atoms with Crippen LogP contribution in [0.25, 0.3) is 0 Å². The molecule has 3 rings (SSSR count). The van der Waals surface area contributed by atoms with Gasteiger partial charge in [0, 0.05) is 10.6 Å². The fourth-order valence-corrected chi connectivity index (χ4v) is 3.13. The first-order chi connectivity index (χ1) is 10.5. The van der Waals surface area contributed by atoms with E-state index < -0.39 is 11.6 Å². The van der Waals surface area contributed by atoms with Crippen LogP contribution in [-0.4, -0.2) is 33.8 Å². The molecule has 7 heteroatoms. The van der Waals surface area contributed by atoms with Gasteiger partial charge in [-0.2, -0.15) is 5.10 Å². The Labute approximate surface area is 132 Å². The molecule has 1 aromatic carbocycles. The van der Waals surface area contributed by atoms with Crippen molar-refractivity contribution in [2.75, 3.05) is 0 Å². The number of carbonyl (C=O) groups excluding carboxylic acids is 2. The van der Waals surface area contributed by atoms with E-state index in [1.165, 1.54) is 18.3 Å². The summed E-state index contributed by atoms with van der Waals surface area (Å²) >= 11 is 5.85. The van der Waals surface area contributed by atoms with Crippen LogP contribution in [0.4, 0.5) is 4.79 Å². The highest BCUT2D eigenvalue weighted by atomic mass is 35.5. The van der Waals surface area contributed by atoms with Gasteiger partial charge in [0.2, 0.25) is 0 Å². The summed E-state index contributed by atoms with van der Waals surface area (Å²) in [5, 5.41) is 17.7. The Kier molecular flexibility index (Phi) is 3.78. The largest absolute Gasteiger partial charge is 0.507 e. The van der Waals surface area contributed by atoms with Gasteiger partial charge in [-0.15, -0.1) is 5.01 Å². The van der Waals surface area contributed by atoms with E-state index in [2.05, 4.69) is 10.4 Å². The smallest absolute Gasteiger partial charge is 0.346 e. The van der Waals surface area contributed by atoms with E-state index in [-0.39, 0.29) is 11.7 Å². The second-order valence-electron chi connectivity index (χ2n) is 5.64. The Morgan fingerprint density at radius 2 is 2.00 bits per heavy atom. The van der Waals surface area contributed by atoms with Crippen molar-refractivity contribution in [3.63, 3.8) is 0 Å². The zero-order valence-electron chi connectivity index (χ0n) is 11.9. The van der Waals surface area contributed by atoms with Crippen LogP contribution in [0.5, 0.6) is 5.75 Å². The molecule has 22 heavy (non-hydrogen) atoms. The number of rotatable bonds is 2. The van der Waals surface area contributed by atoms with E-state index in [9.17, 15) is 14.7 Å². The number of aromatic hydroxyl groups is 1. The number of imide groups is 1. The molecule has 3 amide bonds. The van der Waals surface area contributed by atoms with Gasteiger partial charge in [-0.3, -0.25) is 4.79 Å². The number of nitrogens with one attached hydrogen (secondary N) is 1. The van der Waals surface area contributed by atoms with E-state index in [1.807, 2.05) is 0 Å². The molecule has 2 N–H and O–H groups in total. The summed E-state index contributed by atoms with van der Waals surface area (Å²) in [6.45, 7) is 0. The molecule has 1 saturated carbocycles. The molecule has 0 radical (unpaired) electrons. The molecule has 0 bridgehead atoms. The summed E-state index contributed by atoms with van der Waals surface area (Å²) in [4.78, 5) is 24.5. The first-order valence-corrected chi connectivity index (χ1v) is 7.59. The third-order valence-corrected chi connectivity index (χ3v) is 4.38. The van der Waals surface area contributed by atoms with Gasteiger partial charge in [-0.25, -0.2) is 4.79 Å². The predicted molar refractivity (Wildman–Crippen MR) is 81.9 cm³/mol. The number of halogens is 1. The van der Waals surface area contributed by atoms with Gasteiger partial charge in [-0.05, 0) is 31.0 Å². The lowest BCUT2D eigenvalue weighted by molar-refractivity contribution is -0.132. The number of urea groups is 1. The molecule has 1 heterocycles. The molecular formula is C15H16ClN3O3. The quantitative estimate of drug-likeness (QED) is 0.649. The average Bonchev–Trinajstić information content (AvgIpc) is 2.72. The van der Waals surface area contributed by atoms with E-state index >= 15 is 0 Å². The molecule has 2 aliphatic rings. The van der Waals surface area contributed by atoms with Crippen LogP contribution in [0, 0.1) is 0 Å². The topological polar surface area (TPSA) is 82.0 Å². The highest BCUT2D eigenvalue weighted by Crippen LogP contribution is 2.33. The SMILES string of the molecule is O=C1NC2(CCCCC2)C(=O)N1/N=C/c1cc(Cl)ccc1O. The lowest BCUT2D eigenvalue weighted by atomic mass is 9.82. The maximum Gasteiger partial charge on any atom is 0.346 e. The number of amides is 3. The van der Waals surface area contributed by atoms with Crippen molar-refractivity contribution in [3.8, 4) is 5.75 Å². The Morgan fingerprint density at radius 1 is 1.27 bits per heavy atom. The van der Waals surface area contributed by atoms with E-state index in [0.29, 0.717) is 23.4 Å². The van der Waals surface area contributed by atoms with Gasteiger partial charge in [0.1, 0.15) is 11.3 Å². The zero-order chi connectivity index (χ0) is 15.7. The van der Waals surface area contributed by atoms with Crippen molar-refractivity contribution in [2.45, 2.75) is 37.6 Å². The van der Waals surface area contributed by atoms with Crippen LogP contribution in [0.1, 0.15) is 37.7 Å². The minimum Gasteiger partial charge on any atom is -0.507 e. The summed E-state index contributed by atoms with van der Waals surface area (Å²) < 4.78 is 0. The highest BCUT2D eigenvalue weighted by Gasteiger charge is 2.51. The van der Waals surface area contributed by atoms with Crippen molar-refractivity contribution in [2.24, 2.45) is 5.10 Å². The molecule has 6 nitrogen and oxygen atoms in total. The summed E-state index contributed by atoms with van der Waals surface area (Å²) in [5.74, 6) is -0.345. The van der Waals surface area contributed by atoms with Gasteiger partial charge >= 0.3 is 6.03 Å². The van der Waals surface area contributed by atoms with Crippen molar-refractivity contribution in [1.29, 1.82) is 0 Å². The predicted octanol–water partition coefficient (Wildman–Crippen LogP) is 2.63. The van der Waals surface area contributed by atoms with Gasteiger partial charge in [0.25, 0.3) is 5.91 Å². The molecule has 0 atom stereocenters. The second kappa shape index (κ2) is 5.61. The summed E-state index contributed by atoms with van der Waals surface area (Å²) in [5.41, 5.74) is -0.457. The Hall–Kier alpha value is -2.08. The molecule has 116 valence electrons. The van der Waals surface area contributed by atoms with Gasteiger partial charge in [-0.1, -0.05) is 30.9 Å². The van der Waals surface area contributed by atoms with Crippen molar-refractivity contribution in [3.05, 3.63) is 28.8 Å². The lowest BCUT2D eigenvalue weighted by Gasteiger charge is -2.29. The third-order valence-electron chi connectivity index (χ3n) is 4.15. The minimum absolute atomic E-state index is 0.0208. The van der Waals surface area contributed by atoms with E-state index in [1.54, 1.807) is 6.07 Å². The number of hydrazone groups is 1. The normalized spacial score (nSPS) is 20.9. The van der Waals surface area contributed by atoms with Crippen LogP contribution in [0.2, 0.25) is 5.02 Å². The maximum atomic E-state index is 12.5. The van der Waals surface area contributed by atoms with Crippen LogP contribution in [0.3, 0.4) is 0 Å². The number of carbonyl (C=O) groups is 2. The number of hydrogen-bond donors (Lipinski definition) is 2. The first-order valence-electron chi connectivity index (χ1n) is 7.21. The molecular weight excluding hydrogens is 306 g/mol.